The second-order valence-corrected chi connectivity index (χ2v) is 13.5. The molecule has 0 amide bonds. The number of rotatable bonds is 6. The summed E-state index contributed by atoms with van der Waals surface area (Å²) in [7, 11) is 1.34. The van der Waals surface area contributed by atoms with E-state index in [9.17, 15) is 39.9 Å². The van der Waals surface area contributed by atoms with Crippen LogP contribution in [0.5, 0.6) is 17.2 Å². The van der Waals surface area contributed by atoms with Crippen molar-refractivity contribution in [2.45, 2.75) is 114 Å². The quantitative estimate of drug-likeness (QED) is 0.203. The smallest absolute Gasteiger partial charge is 0.202 e. The molecule has 4 aliphatic rings. The summed E-state index contributed by atoms with van der Waals surface area (Å²) in [6, 6.07) is 3.73. The maximum atomic E-state index is 13.8. The Labute approximate surface area is 276 Å². The fraction of sp³-hybridized carbons (Fsp3) is 0.559. The number of phenolic OH excluding ortho intramolecular Hbond substituents is 2. The topological polar surface area (TPSA) is 225 Å². The number of ketones is 3. The SMILES string of the molecule is COc1cccc2c1C(=O)c1c(O)c3c(c(O)c1C2=O)C[C@@](O)(C(C)=O)C[C@@H]3OC1CC(N)C(OC2CC(C)(O)C(O)C(C)O2)C(C)O1. The Bertz CT molecular complexity index is 1660. The van der Waals surface area contributed by atoms with E-state index < -0.39 is 107 Å². The summed E-state index contributed by atoms with van der Waals surface area (Å²) in [6.45, 7) is 5.97. The number of hydrogen-bond donors (Lipinski definition) is 6. The van der Waals surface area contributed by atoms with Crippen LogP contribution in [-0.2, 0) is 30.2 Å². The Kier molecular flexibility index (Phi) is 8.70. The number of nitrogens with two attached hydrogens (primary N) is 1. The number of aromatic hydroxyl groups is 2. The van der Waals surface area contributed by atoms with Gasteiger partial charge in [-0.25, -0.2) is 0 Å². The molecule has 0 bridgehead atoms. The van der Waals surface area contributed by atoms with Crippen molar-refractivity contribution in [3.05, 3.63) is 51.6 Å². The molecule has 2 saturated heterocycles. The molecule has 14 heteroatoms. The number of methoxy groups -OCH3 is 1. The summed E-state index contributed by atoms with van der Waals surface area (Å²) >= 11 is 0. The van der Waals surface area contributed by atoms with E-state index in [1.807, 2.05) is 0 Å². The number of phenols is 2. The standard InChI is InChI=1S/C34H41NO13/c1-13-31(48-22-12-33(4,42)32(41)14(2)46-22)18(35)9-21(45-13)47-20-11-34(43,15(3)36)10-17-24(20)30(40)26-25(28(17)38)27(37)16-7-6-8-19(44-5)23(16)29(26)39/h6-8,13-14,18,20-22,31-32,38,40-43H,9-12,35H2,1-5H3/t13?,14?,18?,20-,21?,22?,31?,32?,33?,34-/m0/s1. The summed E-state index contributed by atoms with van der Waals surface area (Å²) in [5, 5.41) is 55.5. The van der Waals surface area contributed by atoms with Crippen molar-refractivity contribution >= 4 is 17.3 Å². The third-order valence-corrected chi connectivity index (χ3v) is 10.1. The number of aliphatic hydroxyl groups is 3. The Morgan fingerprint density at radius 3 is 2.25 bits per heavy atom. The van der Waals surface area contributed by atoms with Crippen molar-refractivity contribution in [2.75, 3.05) is 7.11 Å². The molecule has 0 spiro atoms. The van der Waals surface area contributed by atoms with Crippen LogP contribution in [0.3, 0.4) is 0 Å². The number of fused-ring (bicyclic) bond motifs is 3. The first-order valence-corrected chi connectivity index (χ1v) is 15.9. The first-order chi connectivity index (χ1) is 22.5. The van der Waals surface area contributed by atoms with Gasteiger partial charge in [-0.05, 0) is 33.8 Å². The van der Waals surface area contributed by atoms with Gasteiger partial charge in [0.15, 0.2) is 24.1 Å². The van der Waals surface area contributed by atoms with Crippen LogP contribution in [-0.4, -0.2) is 104 Å². The van der Waals surface area contributed by atoms with Crippen molar-refractivity contribution in [3.63, 3.8) is 0 Å². The highest BCUT2D eigenvalue weighted by atomic mass is 16.7. The number of benzene rings is 2. The zero-order chi connectivity index (χ0) is 35.0. The molecule has 14 nitrogen and oxygen atoms in total. The van der Waals surface area contributed by atoms with Gasteiger partial charge in [0.1, 0.15) is 35.1 Å². The third-order valence-electron chi connectivity index (χ3n) is 10.1. The molecule has 6 rings (SSSR count). The van der Waals surface area contributed by atoms with Crippen LogP contribution in [0.25, 0.3) is 0 Å². The first kappa shape index (κ1) is 34.4. The number of aliphatic hydroxyl groups excluding tert-OH is 1. The molecule has 2 heterocycles. The van der Waals surface area contributed by atoms with E-state index in [1.165, 1.54) is 39.2 Å². The van der Waals surface area contributed by atoms with Gasteiger partial charge in [0.05, 0.1) is 47.7 Å². The molecule has 2 fully saturated rings. The van der Waals surface area contributed by atoms with Crippen LogP contribution in [0.4, 0.5) is 0 Å². The van der Waals surface area contributed by atoms with Crippen LogP contribution in [0.2, 0.25) is 0 Å². The lowest BCUT2D eigenvalue weighted by Gasteiger charge is -2.46. The van der Waals surface area contributed by atoms with E-state index in [4.69, 9.17) is 29.4 Å². The van der Waals surface area contributed by atoms with E-state index in [0.717, 1.165) is 0 Å². The molecule has 0 aromatic heterocycles. The van der Waals surface area contributed by atoms with E-state index in [1.54, 1.807) is 13.8 Å². The summed E-state index contributed by atoms with van der Waals surface area (Å²) in [6.07, 6.45) is -7.25. The lowest BCUT2D eigenvalue weighted by atomic mass is 9.72. The number of ether oxygens (including phenoxy) is 5. The summed E-state index contributed by atoms with van der Waals surface area (Å²) in [5.74, 6) is -3.30. The minimum atomic E-state index is -2.05. The highest BCUT2D eigenvalue weighted by Gasteiger charge is 2.50. The minimum Gasteiger partial charge on any atom is -0.507 e. The number of carbonyl (C=O) groups is 3. The predicted octanol–water partition coefficient (Wildman–Crippen LogP) is 1.30. The van der Waals surface area contributed by atoms with E-state index >= 15 is 0 Å². The predicted molar refractivity (Wildman–Crippen MR) is 165 cm³/mol. The van der Waals surface area contributed by atoms with Crippen molar-refractivity contribution < 1.29 is 63.6 Å². The second kappa shape index (κ2) is 12.1. The average molecular weight is 672 g/mol. The van der Waals surface area contributed by atoms with Crippen molar-refractivity contribution in [3.8, 4) is 17.2 Å². The van der Waals surface area contributed by atoms with Gasteiger partial charge in [0.2, 0.25) is 5.78 Å². The van der Waals surface area contributed by atoms with E-state index in [0.29, 0.717) is 0 Å². The molecule has 2 aromatic rings. The third kappa shape index (κ3) is 5.50. The fourth-order valence-corrected chi connectivity index (χ4v) is 7.44. The maximum absolute atomic E-state index is 13.8. The van der Waals surface area contributed by atoms with Crippen LogP contribution < -0.4 is 10.5 Å². The summed E-state index contributed by atoms with van der Waals surface area (Å²) in [5.41, 5.74) is 1.84. The van der Waals surface area contributed by atoms with Crippen LogP contribution in [0.1, 0.15) is 96.0 Å². The zero-order valence-electron chi connectivity index (χ0n) is 27.3. The molecule has 2 aromatic carbocycles. The number of hydrogen-bond acceptors (Lipinski definition) is 14. The number of carbonyl (C=O) groups excluding carboxylic acids is 3. The zero-order valence-corrected chi connectivity index (χ0v) is 27.3. The van der Waals surface area contributed by atoms with Gasteiger partial charge in [0, 0.05) is 48.4 Å². The van der Waals surface area contributed by atoms with Gasteiger partial charge in [-0.2, -0.15) is 0 Å². The highest BCUT2D eigenvalue weighted by Crippen LogP contribution is 2.52. The molecule has 48 heavy (non-hydrogen) atoms. The van der Waals surface area contributed by atoms with Crippen molar-refractivity contribution in [2.24, 2.45) is 5.73 Å². The molecule has 2 aliphatic heterocycles. The molecule has 10 atom stereocenters. The molecule has 0 saturated carbocycles. The van der Waals surface area contributed by atoms with Gasteiger partial charge < -0.3 is 55.0 Å². The normalized spacial score (nSPS) is 36.2. The lowest BCUT2D eigenvalue weighted by Crippen LogP contribution is -2.59. The van der Waals surface area contributed by atoms with Crippen LogP contribution in [0.15, 0.2) is 18.2 Å². The van der Waals surface area contributed by atoms with Crippen LogP contribution in [0, 0.1) is 0 Å². The molecule has 7 N–H and O–H groups in total. The highest BCUT2D eigenvalue weighted by molar-refractivity contribution is 6.31. The molecule has 260 valence electrons. The fourth-order valence-electron chi connectivity index (χ4n) is 7.44. The largest absolute Gasteiger partial charge is 0.507 e. The first-order valence-electron chi connectivity index (χ1n) is 15.9. The Morgan fingerprint density at radius 2 is 1.62 bits per heavy atom. The Hall–Kier alpha value is -3.47. The lowest BCUT2D eigenvalue weighted by molar-refractivity contribution is -0.314. The molecular weight excluding hydrogens is 630 g/mol. The second-order valence-electron chi connectivity index (χ2n) is 13.5. The van der Waals surface area contributed by atoms with Gasteiger partial charge in [-0.15, -0.1) is 0 Å². The summed E-state index contributed by atoms with van der Waals surface area (Å²) in [4.78, 5) is 40.2. The molecular formula is C34H41NO13. The van der Waals surface area contributed by atoms with E-state index in [-0.39, 0.29) is 47.3 Å². The van der Waals surface area contributed by atoms with Crippen LogP contribution >= 0.6 is 0 Å². The van der Waals surface area contributed by atoms with Crippen molar-refractivity contribution in [1.82, 2.24) is 0 Å². The van der Waals surface area contributed by atoms with Gasteiger partial charge in [-0.1, -0.05) is 12.1 Å². The Morgan fingerprint density at radius 1 is 0.958 bits per heavy atom. The van der Waals surface area contributed by atoms with Gasteiger partial charge in [-0.3, -0.25) is 14.4 Å². The average Bonchev–Trinajstić information content (AvgIpc) is 3.01. The minimum absolute atomic E-state index is 0.0124. The molecule has 0 radical (unpaired) electrons. The van der Waals surface area contributed by atoms with Crippen molar-refractivity contribution in [1.29, 1.82) is 0 Å². The molecule has 8 unspecified atom stereocenters. The number of Topliss-reactive ketones (excluding diaryl/α,β-unsaturated/α-hetero) is 1. The molecule has 2 aliphatic carbocycles. The van der Waals surface area contributed by atoms with Gasteiger partial charge in [0.25, 0.3) is 0 Å². The van der Waals surface area contributed by atoms with E-state index in [2.05, 4.69) is 0 Å². The Balaban J connectivity index is 1.32. The summed E-state index contributed by atoms with van der Waals surface area (Å²) < 4.78 is 29.6. The van der Waals surface area contributed by atoms with Gasteiger partial charge >= 0.3 is 0 Å². The maximum Gasteiger partial charge on any atom is 0.202 e. The monoisotopic (exact) mass is 671 g/mol.